The van der Waals surface area contributed by atoms with Crippen LogP contribution in [-0.4, -0.2) is 44.2 Å². The summed E-state index contributed by atoms with van der Waals surface area (Å²) >= 11 is 0. The Morgan fingerprint density at radius 3 is 1.39 bits per heavy atom. The van der Waals surface area contributed by atoms with Crippen LogP contribution in [0.1, 0.15) is 80.0 Å². The Kier molecular flexibility index (Phi) is 27.4. The number of carboxylic acid groups (broad SMARTS) is 1. The van der Waals surface area contributed by atoms with Gasteiger partial charge in [0.25, 0.3) is 0 Å². The van der Waals surface area contributed by atoms with Gasteiger partial charge in [-0.05, 0) is 31.9 Å². The first-order valence-electron chi connectivity index (χ1n) is 10.4. The quantitative estimate of drug-likeness (QED) is 0.250. The number of carboxylic acids is 1. The van der Waals surface area contributed by atoms with Crippen molar-refractivity contribution >= 4 is 17.9 Å². The van der Waals surface area contributed by atoms with Gasteiger partial charge >= 0.3 is 41.5 Å². The van der Waals surface area contributed by atoms with Crippen LogP contribution < -0.4 is 46.1 Å². The third-order valence-corrected chi connectivity index (χ3v) is 3.50. The summed E-state index contributed by atoms with van der Waals surface area (Å²) in [6.07, 6.45) is 5.86. The summed E-state index contributed by atoms with van der Waals surface area (Å²) in [5.41, 5.74) is 10.4. The van der Waals surface area contributed by atoms with E-state index in [-0.39, 0.29) is 40.7 Å². The van der Waals surface area contributed by atoms with Gasteiger partial charge in [-0.25, -0.2) is 9.59 Å². The maximum absolute atomic E-state index is 12.1. The number of benzene rings is 1. The van der Waals surface area contributed by atoms with E-state index >= 15 is 0 Å². The Morgan fingerprint density at radius 2 is 1.13 bits per heavy atom. The number of rotatable bonds is 11. The molecule has 0 heterocycles. The van der Waals surface area contributed by atoms with E-state index in [1.54, 1.807) is 24.3 Å². The zero-order valence-electron chi connectivity index (χ0n) is 19.5. The fourth-order valence-corrected chi connectivity index (χ4v) is 2.03. The van der Waals surface area contributed by atoms with E-state index in [2.05, 4.69) is 13.8 Å². The molecule has 0 spiro atoms. The molecule has 0 fully saturated rings. The van der Waals surface area contributed by atoms with Gasteiger partial charge in [-0.1, -0.05) is 51.7 Å². The molecule has 31 heavy (non-hydrogen) atoms. The van der Waals surface area contributed by atoms with Crippen LogP contribution in [0.4, 0.5) is 0 Å². The zero-order chi connectivity index (χ0) is 23.2. The topological polar surface area (TPSA) is 145 Å². The first kappa shape index (κ1) is 34.2. The molecule has 0 aliphatic carbocycles. The molecule has 0 atom stereocenters. The molecule has 0 aromatic heterocycles. The van der Waals surface area contributed by atoms with Crippen LogP contribution in [0.3, 0.4) is 0 Å². The maximum Gasteiger partial charge on any atom is 1.00 e. The zero-order valence-corrected chi connectivity index (χ0v) is 21.5. The van der Waals surface area contributed by atoms with Crippen LogP contribution in [-0.2, 0) is 14.3 Å². The van der Waals surface area contributed by atoms with Gasteiger partial charge < -0.3 is 30.8 Å². The van der Waals surface area contributed by atoms with Gasteiger partial charge in [-0.3, -0.25) is 0 Å². The molecule has 9 heteroatoms. The van der Waals surface area contributed by atoms with Gasteiger partial charge in [-0.15, -0.1) is 0 Å². The Labute approximate surface area is 208 Å². The van der Waals surface area contributed by atoms with Gasteiger partial charge in [0.2, 0.25) is 0 Å². The summed E-state index contributed by atoms with van der Waals surface area (Å²) in [4.78, 5) is 33.0. The number of carbonyl (C=O) groups is 3. The van der Waals surface area contributed by atoms with E-state index in [9.17, 15) is 9.59 Å². The number of hydrogen-bond donors (Lipinski definition) is 2. The van der Waals surface area contributed by atoms with E-state index in [4.69, 9.17) is 30.8 Å². The van der Waals surface area contributed by atoms with Gasteiger partial charge in [0.05, 0.1) is 24.3 Å². The van der Waals surface area contributed by atoms with Crippen LogP contribution >= 0.6 is 0 Å². The molecule has 172 valence electrons. The summed E-state index contributed by atoms with van der Waals surface area (Å²) in [5.74, 6) is -2.01. The summed E-state index contributed by atoms with van der Waals surface area (Å²) in [7, 11) is 0. The number of aliphatic carboxylic acids is 1. The molecule has 1 aromatic rings. The first-order chi connectivity index (χ1) is 14.3. The van der Waals surface area contributed by atoms with Crippen molar-refractivity contribution < 1.29 is 58.5 Å². The number of esters is 2. The first-order valence-corrected chi connectivity index (χ1v) is 10.4. The largest absolute Gasteiger partial charge is 1.00 e. The number of ether oxygens (including phenoxy) is 2. The molecule has 0 aliphatic heterocycles. The maximum atomic E-state index is 12.1. The van der Waals surface area contributed by atoms with Gasteiger partial charge in [-0.2, -0.15) is 0 Å². The fourth-order valence-electron chi connectivity index (χ4n) is 2.03. The molecule has 0 unspecified atom stereocenters. The normalized spacial score (nSPS) is 9.06. The number of carbonyl (C=O) groups excluding carboxylic acids is 3. The fraction of sp³-hybridized carbons (Fsp3) is 0.591. The minimum Gasteiger partial charge on any atom is -0.550 e. The van der Waals surface area contributed by atoms with Crippen LogP contribution in [0.15, 0.2) is 24.3 Å². The molecule has 0 radical (unpaired) electrons. The van der Waals surface area contributed by atoms with Gasteiger partial charge in [0.1, 0.15) is 0 Å². The molecule has 0 amide bonds. The second-order valence-corrected chi connectivity index (χ2v) is 6.30. The average molecular weight is 449 g/mol. The van der Waals surface area contributed by atoms with Gasteiger partial charge in [0, 0.05) is 19.1 Å². The molecule has 4 N–H and O–H groups in total. The Morgan fingerprint density at radius 1 is 0.806 bits per heavy atom. The minimum atomic E-state index is -1.08. The summed E-state index contributed by atoms with van der Waals surface area (Å²) in [5, 5.41) is 8.89. The molecule has 1 aromatic carbocycles. The Bertz CT molecular complexity index is 550. The van der Waals surface area contributed by atoms with Crippen LogP contribution in [0.2, 0.25) is 0 Å². The Balaban J connectivity index is -0.000000747. The molecule has 0 saturated carbocycles. The molecule has 0 bridgehead atoms. The number of hydrogen-bond acceptors (Lipinski definition) is 8. The molecule has 0 aliphatic rings. The van der Waals surface area contributed by atoms with Crippen molar-refractivity contribution in [3.63, 3.8) is 0 Å². The predicted molar refractivity (Wildman–Crippen MR) is 115 cm³/mol. The van der Waals surface area contributed by atoms with E-state index in [0.29, 0.717) is 26.3 Å². The third kappa shape index (κ3) is 21.6. The van der Waals surface area contributed by atoms with Crippen LogP contribution in [0.25, 0.3) is 0 Å². The monoisotopic (exact) mass is 448 g/mol. The van der Waals surface area contributed by atoms with E-state index in [0.717, 1.165) is 45.4 Å². The van der Waals surface area contributed by atoms with Crippen molar-refractivity contribution in [3.8, 4) is 0 Å². The van der Waals surface area contributed by atoms with E-state index < -0.39 is 17.9 Å². The molecule has 8 nitrogen and oxygen atoms in total. The standard InChI is InChI=1S/C18H26O4.C2H8N2.C2H4O2.Na/c1-3-5-9-13-21-17(19)15-11-7-8-12-16(15)18(20)22-14-10-6-4-2;3-1-2-4;1-2(3)4;/h7-8,11-12H,3-6,9-10,13-14H2,1-2H3;1-4H2;1H3,(H,3,4);/q;;;+1/p-1. The predicted octanol–water partition coefficient (Wildman–Crippen LogP) is -0.955. The smallest absolute Gasteiger partial charge is 0.550 e. The van der Waals surface area contributed by atoms with Crippen LogP contribution in [0, 0.1) is 0 Å². The van der Waals surface area contributed by atoms with Crippen molar-refractivity contribution in [2.24, 2.45) is 11.5 Å². The van der Waals surface area contributed by atoms with Crippen molar-refractivity contribution in [1.29, 1.82) is 0 Å². The summed E-state index contributed by atoms with van der Waals surface area (Å²) in [6.45, 7) is 7.11. The summed E-state index contributed by atoms with van der Waals surface area (Å²) < 4.78 is 10.4. The third-order valence-electron chi connectivity index (χ3n) is 3.50. The van der Waals surface area contributed by atoms with Gasteiger partial charge in [0.15, 0.2) is 0 Å². The molecular formula is C22H37N2NaO6. The molecule has 0 saturated heterocycles. The van der Waals surface area contributed by atoms with Crippen molar-refractivity contribution in [3.05, 3.63) is 35.4 Å². The van der Waals surface area contributed by atoms with Crippen molar-refractivity contribution in [2.75, 3.05) is 26.3 Å². The molecular weight excluding hydrogens is 411 g/mol. The average Bonchev–Trinajstić information content (AvgIpc) is 2.73. The molecule has 1 rings (SSSR count). The van der Waals surface area contributed by atoms with Crippen molar-refractivity contribution in [1.82, 2.24) is 0 Å². The second-order valence-electron chi connectivity index (χ2n) is 6.30. The minimum absolute atomic E-state index is 0. The second kappa shape index (κ2) is 24.8. The number of unbranched alkanes of at least 4 members (excludes halogenated alkanes) is 4. The Hall–Kier alpha value is -1.45. The number of nitrogens with two attached hydrogens (primary N) is 2. The van der Waals surface area contributed by atoms with E-state index in [1.807, 2.05) is 0 Å². The SMILES string of the molecule is CC(=O)[O-].CCCCCOC(=O)c1ccccc1C(=O)OCCCCC.NCCN.[Na+]. The van der Waals surface area contributed by atoms with Crippen molar-refractivity contribution in [2.45, 2.75) is 59.3 Å². The van der Waals surface area contributed by atoms with Crippen LogP contribution in [0.5, 0.6) is 0 Å². The van der Waals surface area contributed by atoms with E-state index in [1.165, 1.54) is 0 Å². The summed E-state index contributed by atoms with van der Waals surface area (Å²) in [6, 6.07) is 6.64.